The van der Waals surface area contributed by atoms with Gasteiger partial charge in [-0.1, -0.05) is 37.0 Å². The fourth-order valence-corrected chi connectivity index (χ4v) is 5.30. The van der Waals surface area contributed by atoms with Crippen LogP contribution < -0.4 is 20.3 Å². The van der Waals surface area contributed by atoms with Gasteiger partial charge < -0.3 is 14.8 Å². The Bertz CT molecular complexity index is 1310. The maximum Gasteiger partial charge on any atom is 0.270 e. The number of thiocarbonyl (C=S) groups is 1. The number of nitrogens with one attached hydrogen (secondary N) is 1. The smallest absolute Gasteiger partial charge is 0.270 e. The van der Waals surface area contributed by atoms with Crippen LogP contribution in [0.5, 0.6) is 11.5 Å². The Kier molecular flexibility index (Phi) is 6.95. The Morgan fingerprint density at radius 2 is 2.03 bits per heavy atom. The predicted octanol–water partition coefficient (Wildman–Crippen LogP) is 4.00. The minimum atomic E-state index is -0.353. The number of pyridine rings is 1. The first-order valence-corrected chi connectivity index (χ1v) is 12.2. The molecule has 1 saturated heterocycles. The maximum atomic E-state index is 13.1. The molecule has 0 saturated carbocycles. The number of aromatic nitrogens is 1. The van der Waals surface area contributed by atoms with E-state index in [0.717, 1.165) is 5.56 Å². The maximum absolute atomic E-state index is 13.1. The molecule has 4 rings (SSSR count). The van der Waals surface area contributed by atoms with Gasteiger partial charge in [-0.3, -0.25) is 19.1 Å². The van der Waals surface area contributed by atoms with Gasteiger partial charge in [-0.05, 0) is 49.6 Å². The summed E-state index contributed by atoms with van der Waals surface area (Å²) in [6.45, 7) is 7.06. The molecule has 0 spiro atoms. The number of rotatable bonds is 7. The van der Waals surface area contributed by atoms with Crippen molar-refractivity contribution in [1.29, 1.82) is 5.26 Å². The van der Waals surface area contributed by atoms with Crippen LogP contribution in [0, 0.1) is 18.3 Å². The van der Waals surface area contributed by atoms with Gasteiger partial charge >= 0.3 is 0 Å². The Morgan fingerprint density at radius 3 is 2.71 bits per heavy atom. The lowest BCUT2D eigenvalue weighted by Crippen LogP contribution is -2.28. The van der Waals surface area contributed by atoms with Crippen molar-refractivity contribution in [2.24, 2.45) is 0 Å². The van der Waals surface area contributed by atoms with E-state index in [4.69, 9.17) is 21.7 Å². The van der Waals surface area contributed by atoms with E-state index >= 15 is 0 Å². The average Bonchev–Trinajstić information content (AvgIpc) is 3.39. The van der Waals surface area contributed by atoms with Crippen LogP contribution >= 0.6 is 24.0 Å². The number of nitrogens with zero attached hydrogens (tertiary/aromatic N) is 3. The molecule has 1 fully saturated rings. The molecule has 0 aliphatic carbocycles. The molecule has 0 bridgehead atoms. The number of hydrogen-bond acceptors (Lipinski definition) is 8. The highest BCUT2D eigenvalue weighted by Crippen LogP contribution is 2.36. The van der Waals surface area contributed by atoms with E-state index in [2.05, 4.69) is 5.32 Å². The zero-order valence-electron chi connectivity index (χ0n) is 19.1. The van der Waals surface area contributed by atoms with E-state index in [-0.39, 0.29) is 23.8 Å². The summed E-state index contributed by atoms with van der Waals surface area (Å²) in [6.07, 6.45) is 2.43. The van der Waals surface area contributed by atoms with Crippen molar-refractivity contribution in [3.8, 4) is 17.6 Å². The Labute approximate surface area is 207 Å². The number of anilines is 1. The third kappa shape index (κ3) is 4.29. The molecular weight excluding hydrogens is 472 g/mol. The second-order valence-corrected chi connectivity index (χ2v) is 9.47. The molecule has 1 N–H and O–H groups in total. The molecule has 3 heterocycles. The summed E-state index contributed by atoms with van der Waals surface area (Å²) in [4.78, 5) is 28.0. The molecule has 1 aromatic heterocycles. The number of benzene rings is 1. The molecule has 0 unspecified atom stereocenters. The second-order valence-electron chi connectivity index (χ2n) is 7.80. The summed E-state index contributed by atoms with van der Waals surface area (Å²) >= 11 is 6.57. The van der Waals surface area contributed by atoms with Gasteiger partial charge in [0.2, 0.25) is 6.79 Å². The number of likely N-dealkylation sites (N-methyl/N-ethyl adjacent to an activating group) is 1. The fraction of sp³-hybridized carbons (Fsp3) is 0.333. The van der Waals surface area contributed by atoms with Gasteiger partial charge in [0.05, 0.1) is 4.91 Å². The lowest BCUT2D eigenvalue weighted by Gasteiger charge is -2.20. The molecule has 0 atom stereocenters. The van der Waals surface area contributed by atoms with E-state index in [1.165, 1.54) is 16.7 Å². The van der Waals surface area contributed by atoms with Gasteiger partial charge in [0.25, 0.3) is 11.5 Å². The number of thioether (sulfide) groups is 1. The molecule has 2 aliphatic rings. The highest BCUT2D eigenvalue weighted by Gasteiger charge is 2.31. The zero-order valence-corrected chi connectivity index (χ0v) is 20.8. The standard InChI is InChI=1S/C24H24N4O4S2/c1-4-8-28-21(26-12-15-6-7-18-19(9-15)32-13-31-18)16(14(3)17(11-25)22(28)29)10-20-23(30)27(5-2)24(33)34-20/h6-7,9-10,26H,4-5,8,12-13H2,1-3H3/b20-10+. The van der Waals surface area contributed by atoms with E-state index in [1.807, 2.05) is 38.1 Å². The van der Waals surface area contributed by atoms with Gasteiger partial charge in [0.15, 0.2) is 11.5 Å². The molecule has 8 nitrogen and oxygen atoms in total. The van der Waals surface area contributed by atoms with E-state index in [0.29, 0.717) is 63.7 Å². The third-order valence-electron chi connectivity index (χ3n) is 5.68. The van der Waals surface area contributed by atoms with Crippen molar-refractivity contribution >= 4 is 46.1 Å². The molecule has 0 radical (unpaired) electrons. The summed E-state index contributed by atoms with van der Waals surface area (Å²) in [7, 11) is 0. The number of carbonyl (C=O) groups is 1. The topological polar surface area (TPSA) is 96.6 Å². The van der Waals surface area contributed by atoms with Crippen molar-refractivity contribution in [3.63, 3.8) is 0 Å². The lowest BCUT2D eigenvalue weighted by molar-refractivity contribution is -0.121. The molecule has 10 heteroatoms. The Hall–Kier alpha value is -3.29. The normalized spacial score (nSPS) is 15.8. The monoisotopic (exact) mass is 496 g/mol. The fourth-order valence-electron chi connectivity index (χ4n) is 3.93. The van der Waals surface area contributed by atoms with Gasteiger partial charge in [0.1, 0.15) is 21.8 Å². The first-order valence-electron chi connectivity index (χ1n) is 10.9. The van der Waals surface area contributed by atoms with Crippen LogP contribution in [0.2, 0.25) is 0 Å². The van der Waals surface area contributed by atoms with Crippen LogP contribution in [-0.4, -0.2) is 33.0 Å². The Morgan fingerprint density at radius 1 is 1.26 bits per heavy atom. The summed E-state index contributed by atoms with van der Waals surface area (Å²) in [5, 5.41) is 13.1. The van der Waals surface area contributed by atoms with Crippen LogP contribution in [0.3, 0.4) is 0 Å². The highest BCUT2D eigenvalue weighted by molar-refractivity contribution is 8.26. The van der Waals surface area contributed by atoms with Crippen LogP contribution in [-0.2, 0) is 17.9 Å². The average molecular weight is 497 g/mol. The van der Waals surface area contributed by atoms with Crippen LogP contribution in [0.1, 0.15) is 42.5 Å². The number of ether oxygens (including phenoxy) is 2. The van der Waals surface area contributed by atoms with E-state index in [9.17, 15) is 14.9 Å². The van der Waals surface area contributed by atoms with Crippen molar-refractivity contribution in [2.75, 3.05) is 18.7 Å². The summed E-state index contributed by atoms with van der Waals surface area (Å²) < 4.78 is 12.9. The molecular formula is C24H24N4O4S2. The first kappa shape index (κ1) is 23.9. The third-order valence-corrected chi connectivity index (χ3v) is 7.06. The van der Waals surface area contributed by atoms with Crippen molar-refractivity contribution in [2.45, 2.75) is 40.3 Å². The second kappa shape index (κ2) is 9.91. The SMILES string of the molecule is CCCn1c(NCc2ccc3c(c2)OCO3)c(/C=C2/SC(=S)N(CC)C2=O)c(C)c(C#N)c1=O. The number of hydrogen-bond donors (Lipinski definition) is 1. The lowest BCUT2D eigenvalue weighted by atomic mass is 10.0. The summed E-state index contributed by atoms with van der Waals surface area (Å²) in [5.74, 6) is 1.75. The minimum absolute atomic E-state index is 0.0688. The number of carbonyl (C=O) groups excluding carboxylic acids is 1. The molecule has 34 heavy (non-hydrogen) atoms. The molecule has 2 aromatic rings. The summed E-state index contributed by atoms with van der Waals surface area (Å²) in [6, 6.07) is 7.71. The van der Waals surface area contributed by atoms with Gasteiger partial charge in [-0.2, -0.15) is 5.26 Å². The van der Waals surface area contributed by atoms with Crippen molar-refractivity contribution in [1.82, 2.24) is 9.47 Å². The van der Waals surface area contributed by atoms with E-state index < -0.39 is 0 Å². The van der Waals surface area contributed by atoms with Crippen LogP contribution in [0.4, 0.5) is 5.82 Å². The molecule has 1 aromatic carbocycles. The van der Waals surface area contributed by atoms with Gasteiger partial charge in [0, 0.05) is 25.2 Å². The molecule has 176 valence electrons. The van der Waals surface area contributed by atoms with E-state index in [1.54, 1.807) is 17.6 Å². The quantitative estimate of drug-likeness (QED) is 0.454. The number of nitriles is 1. The van der Waals surface area contributed by atoms with Gasteiger partial charge in [-0.15, -0.1) is 0 Å². The minimum Gasteiger partial charge on any atom is -0.454 e. The predicted molar refractivity (Wildman–Crippen MR) is 136 cm³/mol. The van der Waals surface area contributed by atoms with Crippen molar-refractivity contribution < 1.29 is 14.3 Å². The van der Waals surface area contributed by atoms with Crippen molar-refractivity contribution in [3.05, 3.63) is 55.7 Å². The highest BCUT2D eigenvalue weighted by atomic mass is 32.2. The zero-order chi connectivity index (χ0) is 24.4. The largest absolute Gasteiger partial charge is 0.454 e. The van der Waals surface area contributed by atoms with Crippen LogP contribution in [0.25, 0.3) is 6.08 Å². The first-order chi connectivity index (χ1) is 16.4. The number of fused-ring (bicyclic) bond motifs is 1. The molecule has 2 aliphatic heterocycles. The summed E-state index contributed by atoms with van der Waals surface area (Å²) in [5.41, 5.74) is 1.80. The van der Waals surface area contributed by atoms with Crippen LogP contribution in [0.15, 0.2) is 27.9 Å². The van der Waals surface area contributed by atoms with Gasteiger partial charge in [-0.25, -0.2) is 0 Å². The Balaban J connectivity index is 1.81. The number of amides is 1. The molecule has 1 amide bonds.